The number of carboxylic acid groups (broad SMARTS) is 1. The van der Waals surface area contributed by atoms with Crippen LogP contribution in [0.25, 0.3) is 0 Å². The molecule has 1 aromatic heterocycles. The molecule has 0 bridgehead atoms. The standard InChI is InChI=1S/C28H33NO8/c1-18-23(34-2)12-20(13-24(18)35-3)27(32)25(37-11-10-19-8-6-5-7-9-19)17-29-15-21(14-26(30)31)22(16-29)28(33)36-4/h5-9,12-13,15-16,25,27,32H,10-11,14,17H2,1-4H3,(H,30,31)/t25-,27+/m0/s1. The second-order valence-electron chi connectivity index (χ2n) is 8.60. The Kier molecular flexibility index (Phi) is 9.71. The fourth-order valence-corrected chi connectivity index (χ4v) is 4.17. The van der Waals surface area contributed by atoms with Crippen molar-refractivity contribution in [1.82, 2.24) is 4.57 Å². The van der Waals surface area contributed by atoms with E-state index < -0.39 is 24.1 Å². The van der Waals surface area contributed by atoms with Crippen molar-refractivity contribution in [2.24, 2.45) is 0 Å². The Labute approximate surface area is 216 Å². The van der Waals surface area contributed by atoms with Crippen LogP contribution < -0.4 is 9.47 Å². The predicted molar refractivity (Wildman–Crippen MR) is 136 cm³/mol. The molecule has 3 rings (SSSR count). The minimum absolute atomic E-state index is 0.151. The highest BCUT2D eigenvalue weighted by Crippen LogP contribution is 2.34. The van der Waals surface area contributed by atoms with Crippen molar-refractivity contribution in [2.75, 3.05) is 27.9 Å². The molecule has 0 unspecified atom stereocenters. The van der Waals surface area contributed by atoms with Crippen LogP contribution in [0.15, 0.2) is 54.9 Å². The van der Waals surface area contributed by atoms with E-state index in [0.29, 0.717) is 35.7 Å². The molecule has 198 valence electrons. The molecule has 0 fully saturated rings. The summed E-state index contributed by atoms with van der Waals surface area (Å²) in [5.74, 6) is -0.578. The first-order valence-electron chi connectivity index (χ1n) is 11.8. The molecule has 37 heavy (non-hydrogen) atoms. The van der Waals surface area contributed by atoms with Crippen LogP contribution in [-0.4, -0.2) is 60.8 Å². The molecule has 9 heteroatoms. The molecular formula is C28H33NO8. The predicted octanol–water partition coefficient (Wildman–Crippen LogP) is 3.59. The zero-order valence-corrected chi connectivity index (χ0v) is 21.5. The van der Waals surface area contributed by atoms with Crippen LogP contribution in [-0.2, 0) is 33.7 Å². The molecule has 0 aliphatic rings. The molecule has 0 radical (unpaired) electrons. The number of aliphatic carboxylic acids is 1. The third-order valence-electron chi connectivity index (χ3n) is 6.13. The molecule has 0 saturated carbocycles. The van der Waals surface area contributed by atoms with E-state index >= 15 is 0 Å². The van der Waals surface area contributed by atoms with E-state index in [1.165, 1.54) is 13.3 Å². The lowest BCUT2D eigenvalue weighted by Gasteiger charge is -2.25. The van der Waals surface area contributed by atoms with Crippen LogP contribution in [0, 0.1) is 6.92 Å². The average Bonchev–Trinajstić information content (AvgIpc) is 3.29. The number of carbonyl (C=O) groups excluding carboxylic acids is 1. The summed E-state index contributed by atoms with van der Waals surface area (Å²) in [5.41, 5.74) is 2.90. The lowest BCUT2D eigenvalue weighted by Crippen LogP contribution is -2.28. The summed E-state index contributed by atoms with van der Waals surface area (Å²) in [7, 11) is 4.33. The topological polar surface area (TPSA) is 116 Å². The number of hydrogen-bond donors (Lipinski definition) is 2. The molecule has 2 aromatic carbocycles. The Morgan fingerprint density at radius 3 is 2.22 bits per heavy atom. The number of carboxylic acids is 1. The second kappa shape index (κ2) is 12.9. The van der Waals surface area contributed by atoms with Crippen molar-refractivity contribution in [2.45, 2.75) is 38.5 Å². The first kappa shape index (κ1) is 27.8. The number of aliphatic hydroxyl groups excluding tert-OH is 1. The minimum atomic E-state index is -1.08. The van der Waals surface area contributed by atoms with Gasteiger partial charge < -0.3 is 33.7 Å². The first-order valence-corrected chi connectivity index (χ1v) is 11.8. The number of hydrogen-bond acceptors (Lipinski definition) is 7. The molecule has 0 aliphatic carbocycles. The van der Waals surface area contributed by atoms with Gasteiger partial charge in [0.1, 0.15) is 23.7 Å². The fraction of sp³-hybridized carbons (Fsp3) is 0.357. The summed E-state index contributed by atoms with van der Waals surface area (Å²) in [6.45, 7) is 2.34. The molecule has 1 heterocycles. The minimum Gasteiger partial charge on any atom is -0.496 e. The summed E-state index contributed by atoms with van der Waals surface area (Å²) in [5, 5.41) is 20.7. The molecule has 0 aliphatic heterocycles. The lowest BCUT2D eigenvalue weighted by atomic mass is 10.0. The Hall–Kier alpha value is -3.82. The average molecular weight is 512 g/mol. The quantitative estimate of drug-likeness (QED) is 0.335. The van der Waals surface area contributed by atoms with Crippen molar-refractivity contribution in [3.63, 3.8) is 0 Å². The van der Waals surface area contributed by atoms with E-state index in [-0.39, 0.29) is 18.5 Å². The van der Waals surface area contributed by atoms with Crippen molar-refractivity contribution in [3.8, 4) is 11.5 Å². The molecule has 0 spiro atoms. The van der Waals surface area contributed by atoms with Gasteiger partial charge in [0.2, 0.25) is 0 Å². The smallest absolute Gasteiger partial charge is 0.339 e. The van der Waals surface area contributed by atoms with Gasteiger partial charge in [0.15, 0.2) is 0 Å². The van der Waals surface area contributed by atoms with Gasteiger partial charge in [-0.25, -0.2) is 4.79 Å². The van der Waals surface area contributed by atoms with E-state index in [4.69, 9.17) is 18.9 Å². The van der Waals surface area contributed by atoms with Crippen molar-refractivity contribution >= 4 is 11.9 Å². The van der Waals surface area contributed by atoms with E-state index in [0.717, 1.165) is 11.1 Å². The number of benzene rings is 2. The number of aliphatic hydroxyl groups is 1. The van der Waals surface area contributed by atoms with Gasteiger partial charge in [-0.05, 0) is 42.2 Å². The molecule has 9 nitrogen and oxygen atoms in total. The van der Waals surface area contributed by atoms with Crippen molar-refractivity contribution in [1.29, 1.82) is 0 Å². The Morgan fingerprint density at radius 1 is 1.00 bits per heavy atom. The third kappa shape index (κ3) is 7.12. The third-order valence-corrected chi connectivity index (χ3v) is 6.13. The number of aromatic nitrogens is 1. The van der Waals surface area contributed by atoms with Crippen molar-refractivity contribution in [3.05, 3.63) is 82.7 Å². The summed E-state index contributed by atoms with van der Waals surface area (Å²) in [6, 6.07) is 13.3. The number of esters is 1. The summed E-state index contributed by atoms with van der Waals surface area (Å²) in [6.07, 6.45) is 1.56. The van der Waals surface area contributed by atoms with Crippen LogP contribution in [0.1, 0.15) is 38.7 Å². The number of rotatable bonds is 13. The molecular weight excluding hydrogens is 478 g/mol. The Balaban J connectivity index is 1.92. The molecule has 2 N–H and O–H groups in total. The zero-order valence-electron chi connectivity index (χ0n) is 21.5. The lowest BCUT2D eigenvalue weighted by molar-refractivity contribution is -0.136. The Bertz CT molecular complexity index is 1180. The van der Waals surface area contributed by atoms with Gasteiger partial charge in [-0.3, -0.25) is 4.79 Å². The van der Waals surface area contributed by atoms with E-state index in [2.05, 4.69) is 0 Å². The highest BCUT2D eigenvalue weighted by atomic mass is 16.5. The number of carbonyl (C=O) groups is 2. The highest BCUT2D eigenvalue weighted by molar-refractivity contribution is 5.92. The number of ether oxygens (including phenoxy) is 4. The van der Waals surface area contributed by atoms with Gasteiger partial charge in [0.25, 0.3) is 0 Å². The first-order chi connectivity index (χ1) is 17.8. The Morgan fingerprint density at radius 2 is 1.65 bits per heavy atom. The monoisotopic (exact) mass is 511 g/mol. The summed E-state index contributed by atoms with van der Waals surface area (Å²) in [4.78, 5) is 23.6. The SMILES string of the molecule is COC(=O)c1cn(C[C@H](OCCc2ccccc2)[C@H](O)c2cc(OC)c(C)c(OC)c2)cc1CC(=O)O. The van der Waals surface area contributed by atoms with Crippen LogP contribution in [0.3, 0.4) is 0 Å². The molecule has 0 amide bonds. The highest BCUT2D eigenvalue weighted by Gasteiger charge is 2.26. The second-order valence-corrected chi connectivity index (χ2v) is 8.60. The van der Waals surface area contributed by atoms with Crippen LogP contribution in [0.4, 0.5) is 0 Å². The largest absolute Gasteiger partial charge is 0.496 e. The van der Waals surface area contributed by atoms with E-state index in [1.807, 2.05) is 37.3 Å². The number of methoxy groups -OCH3 is 3. The molecule has 2 atom stereocenters. The van der Waals surface area contributed by atoms with E-state index in [9.17, 15) is 19.8 Å². The van der Waals surface area contributed by atoms with Crippen LogP contribution >= 0.6 is 0 Å². The van der Waals surface area contributed by atoms with Gasteiger partial charge >= 0.3 is 11.9 Å². The summed E-state index contributed by atoms with van der Waals surface area (Å²) >= 11 is 0. The molecule has 0 saturated heterocycles. The van der Waals surface area contributed by atoms with Gasteiger partial charge in [-0.15, -0.1) is 0 Å². The van der Waals surface area contributed by atoms with Crippen LogP contribution in [0.5, 0.6) is 11.5 Å². The maximum atomic E-state index is 12.2. The fourth-order valence-electron chi connectivity index (χ4n) is 4.17. The maximum Gasteiger partial charge on any atom is 0.339 e. The summed E-state index contributed by atoms with van der Waals surface area (Å²) < 4.78 is 23.6. The molecule has 3 aromatic rings. The van der Waals surface area contributed by atoms with Gasteiger partial charge in [0.05, 0.1) is 46.5 Å². The van der Waals surface area contributed by atoms with Crippen molar-refractivity contribution < 1.29 is 38.7 Å². The maximum absolute atomic E-state index is 12.2. The van der Waals surface area contributed by atoms with Gasteiger partial charge in [-0.2, -0.15) is 0 Å². The van der Waals surface area contributed by atoms with E-state index in [1.54, 1.807) is 37.1 Å². The zero-order chi connectivity index (χ0) is 26.9. The van der Waals surface area contributed by atoms with Gasteiger partial charge in [-0.1, -0.05) is 30.3 Å². The van der Waals surface area contributed by atoms with Crippen LogP contribution in [0.2, 0.25) is 0 Å². The normalized spacial score (nSPS) is 12.6. The van der Waals surface area contributed by atoms with Gasteiger partial charge in [0, 0.05) is 18.0 Å². The number of nitrogens with zero attached hydrogens (tertiary/aromatic N) is 1.